The number of ether oxygens (including phenoxy) is 3. The Morgan fingerprint density at radius 3 is 2.57 bits per heavy atom. The SMILES string of the molecule is COc1ccc(Br)cc1COC(=O)CCNC(=O)OC(C)(C)C. The Hall–Kier alpha value is -1.76. The fourth-order valence-electron chi connectivity index (χ4n) is 1.67. The van der Waals surface area contributed by atoms with Crippen LogP contribution in [0.4, 0.5) is 4.79 Å². The number of nitrogens with one attached hydrogen (secondary N) is 1. The van der Waals surface area contributed by atoms with Crippen molar-refractivity contribution in [2.45, 2.75) is 39.4 Å². The van der Waals surface area contributed by atoms with Gasteiger partial charge in [0, 0.05) is 16.6 Å². The quantitative estimate of drug-likeness (QED) is 0.756. The van der Waals surface area contributed by atoms with Crippen molar-refractivity contribution in [3.63, 3.8) is 0 Å². The van der Waals surface area contributed by atoms with Crippen molar-refractivity contribution < 1.29 is 23.8 Å². The number of methoxy groups -OCH3 is 1. The average molecular weight is 388 g/mol. The van der Waals surface area contributed by atoms with Crippen LogP contribution in [0.3, 0.4) is 0 Å². The molecule has 0 spiro atoms. The molecule has 0 radical (unpaired) electrons. The summed E-state index contributed by atoms with van der Waals surface area (Å²) in [7, 11) is 1.55. The van der Waals surface area contributed by atoms with E-state index in [9.17, 15) is 9.59 Å². The molecule has 0 aromatic heterocycles. The average Bonchev–Trinajstić information content (AvgIpc) is 2.43. The number of esters is 1. The van der Waals surface area contributed by atoms with Crippen LogP contribution in [0.2, 0.25) is 0 Å². The van der Waals surface area contributed by atoms with E-state index in [1.807, 2.05) is 12.1 Å². The molecule has 1 N–H and O–H groups in total. The lowest BCUT2D eigenvalue weighted by Crippen LogP contribution is -2.33. The molecule has 0 aliphatic heterocycles. The molecular formula is C16H22BrNO5. The van der Waals surface area contributed by atoms with Crippen molar-refractivity contribution in [2.75, 3.05) is 13.7 Å². The van der Waals surface area contributed by atoms with Gasteiger partial charge in [-0.2, -0.15) is 0 Å². The molecule has 128 valence electrons. The fraction of sp³-hybridized carbons (Fsp3) is 0.500. The van der Waals surface area contributed by atoms with E-state index in [0.29, 0.717) is 5.75 Å². The minimum absolute atomic E-state index is 0.0650. The minimum atomic E-state index is -0.568. The van der Waals surface area contributed by atoms with Crippen LogP contribution in [0.15, 0.2) is 22.7 Å². The summed E-state index contributed by atoms with van der Waals surface area (Å²) in [6.07, 6.45) is -0.491. The lowest BCUT2D eigenvalue weighted by molar-refractivity contribution is -0.144. The molecule has 1 aromatic rings. The van der Waals surface area contributed by atoms with Crippen LogP contribution in [-0.2, 0) is 20.9 Å². The first-order valence-electron chi connectivity index (χ1n) is 7.16. The van der Waals surface area contributed by atoms with Crippen molar-refractivity contribution in [1.82, 2.24) is 5.32 Å². The number of amides is 1. The van der Waals surface area contributed by atoms with Crippen molar-refractivity contribution in [2.24, 2.45) is 0 Å². The Kier molecular flexibility index (Phi) is 7.35. The summed E-state index contributed by atoms with van der Waals surface area (Å²) in [5.41, 5.74) is 0.192. The number of carbonyl (C=O) groups is 2. The molecule has 23 heavy (non-hydrogen) atoms. The van der Waals surface area contributed by atoms with Gasteiger partial charge in [-0.05, 0) is 39.0 Å². The largest absolute Gasteiger partial charge is 0.496 e. The highest BCUT2D eigenvalue weighted by molar-refractivity contribution is 9.10. The fourth-order valence-corrected chi connectivity index (χ4v) is 2.08. The Bertz CT molecular complexity index is 554. The van der Waals surface area contributed by atoms with Crippen LogP contribution < -0.4 is 10.1 Å². The van der Waals surface area contributed by atoms with Crippen LogP contribution in [0, 0.1) is 0 Å². The molecular weight excluding hydrogens is 366 g/mol. The monoisotopic (exact) mass is 387 g/mol. The van der Waals surface area contributed by atoms with Crippen molar-refractivity contribution >= 4 is 28.0 Å². The highest BCUT2D eigenvalue weighted by atomic mass is 79.9. The lowest BCUT2D eigenvalue weighted by Gasteiger charge is -2.19. The smallest absolute Gasteiger partial charge is 0.407 e. The van der Waals surface area contributed by atoms with Crippen LogP contribution in [-0.4, -0.2) is 31.3 Å². The van der Waals surface area contributed by atoms with Crippen molar-refractivity contribution in [3.8, 4) is 5.75 Å². The summed E-state index contributed by atoms with van der Waals surface area (Å²) in [6.45, 7) is 5.57. The van der Waals surface area contributed by atoms with E-state index in [2.05, 4.69) is 21.2 Å². The second-order valence-electron chi connectivity index (χ2n) is 5.80. The number of hydrogen-bond acceptors (Lipinski definition) is 5. The van der Waals surface area contributed by atoms with E-state index in [4.69, 9.17) is 14.2 Å². The zero-order valence-electron chi connectivity index (χ0n) is 13.8. The van der Waals surface area contributed by atoms with Crippen LogP contribution in [0.25, 0.3) is 0 Å². The molecule has 1 rings (SSSR count). The Morgan fingerprint density at radius 1 is 1.26 bits per heavy atom. The highest BCUT2D eigenvalue weighted by Gasteiger charge is 2.16. The van der Waals surface area contributed by atoms with E-state index >= 15 is 0 Å². The number of halogens is 1. The number of rotatable bonds is 6. The van der Waals surface area contributed by atoms with Gasteiger partial charge in [0.15, 0.2) is 0 Å². The van der Waals surface area contributed by atoms with Gasteiger partial charge >= 0.3 is 12.1 Å². The third-order valence-corrected chi connectivity index (χ3v) is 3.12. The van der Waals surface area contributed by atoms with Crippen molar-refractivity contribution in [1.29, 1.82) is 0 Å². The Labute approximate surface area is 144 Å². The second kappa shape index (κ2) is 8.76. The van der Waals surface area contributed by atoms with Gasteiger partial charge in [0.05, 0.1) is 13.5 Å². The predicted octanol–water partition coefficient (Wildman–Crippen LogP) is 3.42. The third kappa shape index (κ3) is 7.88. The van der Waals surface area contributed by atoms with E-state index in [-0.39, 0.29) is 19.6 Å². The number of hydrogen-bond donors (Lipinski definition) is 1. The first kappa shape index (κ1) is 19.3. The third-order valence-electron chi connectivity index (χ3n) is 2.63. The first-order valence-corrected chi connectivity index (χ1v) is 7.95. The van der Waals surface area contributed by atoms with E-state index in [1.54, 1.807) is 33.9 Å². The molecule has 0 atom stereocenters. The van der Waals surface area contributed by atoms with Crippen LogP contribution in [0.5, 0.6) is 5.75 Å². The molecule has 0 aliphatic carbocycles. The van der Waals surface area contributed by atoms with Crippen LogP contribution >= 0.6 is 15.9 Å². The van der Waals surface area contributed by atoms with Gasteiger partial charge in [0.2, 0.25) is 0 Å². The molecule has 0 heterocycles. The number of carbonyl (C=O) groups excluding carboxylic acids is 2. The van der Waals surface area contributed by atoms with E-state index in [0.717, 1.165) is 10.0 Å². The second-order valence-corrected chi connectivity index (χ2v) is 6.71. The van der Waals surface area contributed by atoms with Gasteiger partial charge in [0.25, 0.3) is 0 Å². The Morgan fingerprint density at radius 2 is 1.96 bits per heavy atom. The molecule has 0 unspecified atom stereocenters. The normalized spacial score (nSPS) is 10.8. The lowest BCUT2D eigenvalue weighted by atomic mass is 10.2. The standard InChI is InChI=1S/C16H22BrNO5/c1-16(2,3)23-15(20)18-8-7-14(19)22-10-11-9-12(17)5-6-13(11)21-4/h5-6,9H,7-8,10H2,1-4H3,(H,18,20). The molecule has 1 amide bonds. The first-order chi connectivity index (χ1) is 10.7. The zero-order valence-corrected chi connectivity index (χ0v) is 15.4. The van der Waals surface area contributed by atoms with Gasteiger partial charge in [-0.25, -0.2) is 4.79 Å². The zero-order chi connectivity index (χ0) is 17.5. The Balaban J connectivity index is 2.35. The molecule has 7 heteroatoms. The van der Waals surface area contributed by atoms with Gasteiger partial charge in [0.1, 0.15) is 18.0 Å². The van der Waals surface area contributed by atoms with Gasteiger partial charge in [-0.3, -0.25) is 4.79 Å². The summed E-state index contributed by atoms with van der Waals surface area (Å²) in [5, 5.41) is 2.51. The van der Waals surface area contributed by atoms with Crippen LogP contribution in [0.1, 0.15) is 32.8 Å². The summed E-state index contributed by atoms with van der Waals surface area (Å²) in [6, 6.07) is 5.46. The molecule has 1 aromatic carbocycles. The molecule has 0 fully saturated rings. The van der Waals surface area contributed by atoms with Gasteiger partial charge < -0.3 is 19.5 Å². The maximum absolute atomic E-state index is 11.7. The van der Waals surface area contributed by atoms with E-state index in [1.165, 1.54) is 0 Å². The molecule has 0 saturated carbocycles. The number of benzene rings is 1. The van der Waals surface area contributed by atoms with Gasteiger partial charge in [-0.1, -0.05) is 15.9 Å². The molecule has 0 saturated heterocycles. The summed E-state index contributed by atoms with van der Waals surface area (Å²) in [4.78, 5) is 23.1. The molecule has 6 nitrogen and oxygen atoms in total. The maximum atomic E-state index is 11.7. The number of alkyl carbamates (subject to hydrolysis) is 1. The molecule has 0 bridgehead atoms. The molecule has 0 aliphatic rings. The minimum Gasteiger partial charge on any atom is -0.496 e. The maximum Gasteiger partial charge on any atom is 0.407 e. The highest BCUT2D eigenvalue weighted by Crippen LogP contribution is 2.23. The summed E-state index contributed by atoms with van der Waals surface area (Å²) >= 11 is 3.36. The van der Waals surface area contributed by atoms with Crippen molar-refractivity contribution in [3.05, 3.63) is 28.2 Å². The topological polar surface area (TPSA) is 73.9 Å². The van der Waals surface area contributed by atoms with Gasteiger partial charge in [-0.15, -0.1) is 0 Å². The predicted molar refractivity (Wildman–Crippen MR) is 89.3 cm³/mol. The summed E-state index contributed by atoms with van der Waals surface area (Å²) in [5.74, 6) is 0.232. The summed E-state index contributed by atoms with van der Waals surface area (Å²) < 4.78 is 16.3. The van der Waals surface area contributed by atoms with E-state index < -0.39 is 17.7 Å².